The average Bonchev–Trinajstić information content (AvgIpc) is 2.69. The smallest absolute Gasteiger partial charge is 0.419 e. The van der Waals surface area contributed by atoms with E-state index in [-0.39, 0.29) is 0 Å². The molecule has 6 heteroatoms. The van der Waals surface area contributed by atoms with Crippen LogP contribution in [0.4, 0.5) is 5.69 Å². The molecule has 2 N–H and O–H groups in total. The number of halogens is 1. The van der Waals surface area contributed by atoms with Gasteiger partial charge in [0.05, 0.1) is 5.02 Å². The molecular weight excluding hydrogens is 280 g/mol. The fourth-order valence-electron chi connectivity index (χ4n) is 1.97. The van der Waals surface area contributed by atoms with Crippen LogP contribution >= 0.6 is 11.6 Å². The van der Waals surface area contributed by atoms with Gasteiger partial charge in [-0.3, -0.25) is 4.57 Å². The number of anilines is 1. The third-order valence-corrected chi connectivity index (χ3v) is 3.24. The molecule has 1 heterocycles. The minimum Gasteiger partial charge on any atom is -0.453 e. The highest BCUT2D eigenvalue weighted by Crippen LogP contribution is 2.34. The Labute approximate surface area is 119 Å². The lowest BCUT2D eigenvalue weighted by Gasteiger charge is -2.09. The number of aromatic nitrogens is 1. The van der Waals surface area contributed by atoms with Crippen molar-refractivity contribution in [1.29, 1.82) is 0 Å². The van der Waals surface area contributed by atoms with Crippen LogP contribution < -0.4 is 16.2 Å². The zero-order chi connectivity index (χ0) is 14.3. The molecule has 0 radical (unpaired) electrons. The first-order valence-corrected chi connectivity index (χ1v) is 6.25. The summed E-state index contributed by atoms with van der Waals surface area (Å²) < 4.78 is 12.2. The molecule has 0 saturated carbocycles. The van der Waals surface area contributed by atoms with Crippen LogP contribution in [0.1, 0.15) is 0 Å². The Kier molecular flexibility index (Phi) is 2.91. The van der Waals surface area contributed by atoms with Gasteiger partial charge in [0.15, 0.2) is 11.3 Å². The molecule has 0 atom stereocenters. The predicted octanol–water partition coefficient (Wildman–Crippen LogP) is 3.16. The fourth-order valence-corrected chi connectivity index (χ4v) is 2.20. The van der Waals surface area contributed by atoms with E-state index < -0.39 is 5.76 Å². The number of hydrogen-bond acceptors (Lipinski definition) is 4. The van der Waals surface area contributed by atoms with Crippen LogP contribution in [-0.4, -0.2) is 4.57 Å². The van der Waals surface area contributed by atoms with E-state index in [4.69, 9.17) is 26.5 Å². The number of nitrogen functional groups attached to an aromatic ring is 1. The van der Waals surface area contributed by atoms with Crippen LogP contribution in [-0.2, 0) is 7.05 Å². The molecule has 1 aromatic heterocycles. The zero-order valence-corrected chi connectivity index (χ0v) is 11.3. The molecule has 0 saturated heterocycles. The summed E-state index contributed by atoms with van der Waals surface area (Å²) in [7, 11) is 1.62. The summed E-state index contributed by atoms with van der Waals surface area (Å²) in [4.78, 5) is 11.6. The monoisotopic (exact) mass is 290 g/mol. The van der Waals surface area contributed by atoms with Crippen molar-refractivity contribution in [2.24, 2.45) is 7.05 Å². The SMILES string of the molecule is Cn1c(=O)oc2cccc(Oc3ccc(N)cc3Cl)c21. The molecule has 0 amide bonds. The van der Waals surface area contributed by atoms with Crippen LogP contribution in [0.15, 0.2) is 45.6 Å². The largest absolute Gasteiger partial charge is 0.453 e. The molecule has 0 unspecified atom stereocenters. The molecule has 0 aliphatic carbocycles. The third kappa shape index (κ3) is 2.02. The highest BCUT2D eigenvalue weighted by Gasteiger charge is 2.13. The van der Waals surface area contributed by atoms with Gasteiger partial charge in [-0.15, -0.1) is 0 Å². The Balaban J connectivity index is 2.13. The normalized spacial score (nSPS) is 10.9. The van der Waals surface area contributed by atoms with Crippen molar-refractivity contribution in [3.8, 4) is 11.5 Å². The Bertz CT molecular complexity index is 851. The van der Waals surface area contributed by atoms with Gasteiger partial charge in [0.1, 0.15) is 11.3 Å². The van der Waals surface area contributed by atoms with Crippen LogP contribution in [0, 0.1) is 0 Å². The second kappa shape index (κ2) is 4.61. The lowest BCUT2D eigenvalue weighted by Crippen LogP contribution is -2.08. The zero-order valence-electron chi connectivity index (χ0n) is 10.6. The van der Waals surface area contributed by atoms with Gasteiger partial charge >= 0.3 is 5.76 Å². The summed E-state index contributed by atoms with van der Waals surface area (Å²) in [6.45, 7) is 0. The van der Waals surface area contributed by atoms with Gasteiger partial charge in [0.2, 0.25) is 0 Å². The van der Waals surface area contributed by atoms with E-state index in [0.717, 1.165) is 0 Å². The molecule has 0 fully saturated rings. The van der Waals surface area contributed by atoms with Crippen LogP contribution in [0.3, 0.4) is 0 Å². The number of oxazole rings is 1. The number of fused-ring (bicyclic) bond motifs is 1. The van der Waals surface area contributed by atoms with Gasteiger partial charge < -0.3 is 14.9 Å². The summed E-state index contributed by atoms with van der Waals surface area (Å²) >= 11 is 6.08. The Hall–Kier alpha value is -2.40. The summed E-state index contributed by atoms with van der Waals surface area (Å²) in [6.07, 6.45) is 0. The van der Waals surface area contributed by atoms with Crippen molar-refractivity contribution in [1.82, 2.24) is 4.57 Å². The second-order valence-electron chi connectivity index (χ2n) is 4.32. The first kappa shape index (κ1) is 12.6. The van der Waals surface area contributed by atoms with E-state index >= 15 is 0 Å². The minimum absolute atomic E-state index is 0.399. The predicted molar refractivity (Wildman–Crippen MR) is 77.4 cm³/mol. The Morgan fingerprint density at radius 2 is 2.05 bits per heavy atom. The highest BCUT2D eigenvalue weighted by molar-refractivity contribution is 6.32. The average molecular weight is 291 g/mol. The van der Waals surface area contributed by atoms with Crippen LogP contribution in [0.25, 0.3) is 11.1 Å². The van der Waals surface area contributed by atoms with Gasteiger partial charge in [-0.1, -0.05) is 17.7 Å². The maximum atomic E-state index is 11.6. The van der Waals surface area contributed by atoms with E-state index in [2.05, 4.69) is 0 Å². The van der Waals surface area contributed by atoms with Crippen molar-refractivity contribution < 1.29 is 9.15 Å². The Morgan fingerprint density at radius 1 is 1.25 bits per heavy atom. The number of aryl methyl sites for hydroxylation is 1. The lowest BCUT2D eigenvalue weighted by molar-refractivity contribution is 0.486. The molecule has 0 spiro atoms. The van der Waals surface area contributed by atoms with E-state index in [9.17, 15) is 4.79 Å². The van der Waals surface area contributed by atoms with Gasteiger partial charge in [0, 0.05) is 12.7 Å². The first-order valence-electron chi connectivity index (χ1n) is 5.87. The number of benzene rings is 2. The van der Waals surface area contributed by atoms with Crippen molar-refractivity contribution in [2.45, 2.75) is 0 Å². The summed E-state index contributed by atoms with van der Waals surface area (Å²) in [6, 6.07) is 10.2. The molecular formula is C14H11ClN2O3. The van der Waals surface area contributed by atoms with Gasteiger partial charge in [0.25, 0.3) is 0 Å². The van der Waals surface area contributed by atoms with Crippen molar-refractivity contribution in [3.05, 3.63) is 52.0 Å². The van der Waals surface area contributed by atoms with E-state index in [0.29, 0.717) is 33.3 Å². The van der Waals surface area contributed by atoms with Crippen LogP contribution in [0.2, 0.25) is 5.02 Å². The van der Waals surface area contributed by atoms with Crippen LogP contribution in [0.5, 0.6) is 11.5 Å². The molecule has 20 heavy (non-hydrogen) atoms. The third-order valence-electron chi connectivity index (χ3n) is 2.94. The minimum atomic E-state index is -0.445. The van der Waals surface area contributed by atoms with Crippen molar-refractivity contribution in [3.63, 3.8) is 0 Å². The molecule has 2 aromatic carbocycles. The number of hydrogen-bond donors (Lipinski definition) is 1. The highest BCUT2D eigenvalue weighted by atomic mass is 35.5. The van der Waals surface area contributed by atoms with Gasteiger partial charge in [-0.25, -0.2) is 4.79 Å². The maximum Gasteiger partial charge on any atom is 0.419 e. The number of nitrogens with zero attached hydrogens (tertiary/aromatic N) is 1. The number of ether oxygens (including phenoxy) is 1. The summed E-state index contributed by atoms with van der Waals surface area (Å²) in [5.41, 5.74) is 7.22. The molecule has 5 nitrogen and oxygen atoms in total. The van der Waals surface area contributed by atoms with Gasteiger partial charge in [-0.2, -0.15) is 0 Å². The summed E-state index contributed by atoms with van der Waals surface area (Å²) in [5, 5.41) is 0.399. The van der Waals surface area contributed by atoms with E-state index in [1.807, 2.05) is 0 Å². The topological polar surface area (TPSA) is 70.4 Å². The second-order valence-corrected chi connectivity index (χ2v) is 4.73. The van der Waals surface area contributed by atoms with Crippen molar-refractivity contribution >= 4 is 28.4 Å². The fraction of sp³-hybridized carbons (Fsp3) is 0.0714. The lowest BCUT2D eigenvalue weighted by atomic mass is 10.3. The number of para-hydroxylation sites is 1. The molecule has 102 valence electrons. The Morgan fingerprint density at radius 3 is 2.80 bits per heavy atom. The molecule has 0 aliphatic heterocycles. The number of rotatable bonds is 2. The molecule has 0 aliphatic rings. The van der Waals surface area contributed by atoms with Crippen molar-refractivity contribution in [2.75, 3.05) is 5.73 Å². The molecule has 3 aromatic rings. The summed E-state index contributed by atoms with van der Waals surface area (Å²) in [5.74, 6) is 0.504. The molecule has 3 rings (SSSR count). The standard InChI is InChI=1S/C14H11ClN2O3/c1-17-13-11(3-2-4-12(13)20-14(17)18)19-10-6-5-8(16)7-9(10)15/h2-7H,16H2,1H3. The first-order chi connectivity index (χ1) is 9.56. The van der Waals surface area contributed by atoms with E-state index in [1.54, 1.807) is 43.4 Å². The quantitative estimate of drug-likeness (QED) is 0.736. The van der Waals surface area contributed by atoms with Gasteiger partial charge in [-0.05, 0) is 30.3 Å². The molecule has 0 bridgehead atoms. The maximum absolute atomic E-state index is 11.6. The van der Waals surface area contributed by atoms with E-state index in [1.165, 1.54) is 4.57 Å². The number of nitrogens with two attached hydrogens (primary N) is 1.